The number of hydrogen-bond acceptors (Lipinski definition) is 12. The van der Waals surface area contributed by atoms with E-state index in [0.717, 1.165) is 126 Å². The molecule has 720 valence electrons. The third-order valence-corrected chi connectivity index (χ3v) is 24.8. The van der Waals surface area contributed by atoms with Gasteiger partial charge in [0, 0.05) is 26.2 Å². The fraction of sp³-hybridized carbons (Fsp3) is 0.622. The number of carbonyl (C=O) groups excluding carboxylic acids is 6. The molecule has 0 aliphatic rings. The highest BCUT2D eigenvalue weighted by Crippen LogP contribution is 2.49. The van der Waals surface area contributed by atoms with Crippen molar-refractivity contribution in [2.24, 2.45) is 0 Å². The van der Waals surface area contributed by atoms with Gasteiger partial charge in [0.15, 0.2) is 0 Å². The van der Waals surface area contributed by atoms with Gasteiger partial charge in [-0.1, -0.05) is 335 Å². The molecule has 0 saturated heterocycles. The lowest BCUT2D eigenvalue weighted by atomic mass is 9.77. The molecule has 0 radical (unpaired) electrons. The average molecular weight is 1780 g/mol. The molecular weight excluding hydrogens is 1610 g/mol. The third kappa shape index (κ3) is 30.5. The molecule has 6 rings (SSSR count). The molecule has 0 bridgehead atoms. The lowest BCUT2D eigenvalue weighted by Gasteiger charge is -2.29. The van der Waals surface area contributed by atoms with Crippen LogP contribution in [0.1, 0.15) is 459 Å². The Morgan fingerprint density at radius 2 is 0.302 bits per heavy atom. The molecule has 6 unspecified atom stereocenters. The number of carbonyl (C=O) groups is 6. The second kappa shape index (κ2) is 42.2. The first-order valence-corrected chi connectivity index (χ1v) is 47.1. The number of nitrogens with one attached hydrogen (secondary N) is 6. The van der Waals surface area contributed by atoms with Crippen LogP contribution in [0.3, 0.4) is 0 Å². The number of unbranched alkanes of at least 4 members (excludes halogenated alkanes) is 3. The van der Waals surface area contributed by atoms with Crippen LogP contribution in [0.4, 0.5) is 0 Å². The van der Waals surface area contributed by atoms with Crippen molar-refractivity contribution in [3.8, 4) is 34.5 Å². The molecule has 0 aliphatic carbocycles. The fourth-order valence-electron chi connectivity index (χ4n) is 15.7. The maximum absolute atomic E-state index is 13.2. The Morgan fingerprint density at radius 1 is 0.194 bits per heavy atom. The molecule has 0 fully saturated rings. The molecule has 0 aliphatic heterocycles. The van der Waals surface area contributed by atoms with E-state index in [1.54, 1.807) is 13.8 Å². The molecule has 6 atom stereocenters. The third-order valence-electron chi connectivity index (χ3n) is 24.8. The Morgan fingerprint density at radius 3 is 0.419 bits per heavy atom. The number of benzene rings is 6. The number of phenols is 6. The first-order valence-electron chi connectivity index (χ1n) is 47.1. The van der Waals surface area contributed by atoms with E-state index in [4.69, 9.17) is 0 Å². The largest absolute Gasteiger partial charge is 0.507 e. The average Bonchev–Trinajstić information content (AvgIpc) is 0.803. The van der Waals surface area contributed by atoms with Crippen molar-refractivity contribution in [2.75, 3.05) is 26.2 Å². The highest BCUT2D eigenvalue weighted by Gasteiger charge is 2.37. The number of rotatable bonds is 23. The lowest BCUT2D eigenvalue weighted by Crippen LogP contribution is -2.45. The van der Waals surface area contributed by atoms with Gasteiger partial charge in [-0.3, -0.25) is 39.6 Å². The zero-order valence-corrected chi connectivity index (χ0v) is 87.9. The molecule has 0 aromatic heterocycles. The molecular formula is C111H174N6O12. The lowest BCUT2D eigenvalue weighted by molar-refractivity contribution is -0.130. The van der Waals surface area contributed by atoms with Crippen molar-refractivity contribution in [3.63, 3.8) is 0 Å². The van der Waals surface area contributed by atoms with Crippen LogP contribution < -0.4 is 32.1 Å². The molecule has 129 heavy (non-hydrogen) atoms. The summed E-state index contributed by atoms with van der Waals surface area (Å²) in [5, 5.41) is 78.4. The number of amides is 6. The predicted octanol–water partition coefficient (Wildman–Crippen LogP) is 24.1. The summed E-state index contributed by atoms with van der Waals surface area (Å²) in [6.45, 7) is 87.4. The minimum absolute atomic E-state index is 0.00914. The topological polar surface area (TPSA) is 296 Å². The summed E-state index contributed by atoms with van der Waals surface area (Å²) in [5.41, 5.74) is 17.0. The smallest absolute Gasteiger partial charge is 0.245 e. The first-order chi connectivity index (χ1) is 58.1. The normalized spacial score (nSPS) is 14.3. The Kier molecular flexibility index (Phi) is 36.7. The number of hydrazine groups is 1. The summed E-state index contributed by atoms with van der Waals surface area (Å²) in [7, 11) is 0. The van der Waals surface area contributed by atoms with Crippen LogP contribution in [0.25, 0.3) is 0 Å². The quantitative estimate of drug-likeness (QED) is 0.0211. The molecule has 6 aromatic rings. The molecule has 18 heteroatoms. The Bertz CT molecular complexity index is 4400. The summed E-state index contributed by atoms with van der Waals surface area (Å²) in [6, 6.07) is 23.3. The van der Waals surface area contributed by atoms with Crippen LogP contribution in [-0.4, -0.2) is 92.3 Å². The number of phenolic OH excluding ortho intramolecular Hbond substituents is 6. The van der Waals surface area contributed by atoms with E-state index in [-0.39, 0.29) is 136 Å². The monoisotopic (exact) mass is 1780 g/mol. The van der Waals surface area contributed by atoms with Gasteiger partial charge in [-0.05, 0) is 226 Å². The van der Waals surface area contributed by atoms with Gasteiger partial charge in [0.2, 0.25) is 35.4 Å². The van der Waals surface area contributed by atoms with Gasteiger partial charge in [0.1, 0.15) is 34.5 Å². The van der Waals surface area contributed by atoms with Crippen LogP contribution in [-0.2, 0) is 93.7 Å². The summed E-state index contributed by atoms with van der Waals surface area (Å²) < 4.78 is 0. The highest BCUT2D eigenvalue weighted by atomic mass is 16.3. The summed E-state index contributed by atoms with van der Waals surface area (Å²) in [5.74, 6) is -1.65. The maximum atomic E-state index is 13.2. The minimum Gasteiger partial charge on any atom is -0.507 e. The molecule has 0 spiro atoms. The Hall–Kier alpha value is -9.06. The summed E-state index contributed by atoms with van der Waals surface area (Å²) in [6.07, 6.45) is 4.27. The van der Waals surface area contributed by atoms with E-state index >= 15 is 0 Å². The molecule has 6 amide bonds. The summed E-state index contributed by atoms with van der Waals surface area (Å²) >= 11 is 0. The van der Waals surface area contributed by atoms with E-state index in [9.17, 15) is 59.4 Å². The van der Waals surface area contributed by atoms with Gasteiger partial charge in [0.05, 0.1) is 35.5 Å². The van der Waals surface area contributed by atoms with Gasteiger partial charge < -0.3 is 51.9 Å². The zero-order valence-electron chi connectivity index (χ0n) is 87.9. The van der Waals surface area contributed by atoms with E-state index in [0.29, 0.717) is 55.6 Å². The van der Waals surface area contributed by atoms with Gasteiger partial charge in [-0.25, -0.2) is 0 Å². The molecule has 18 nitrogen and oxygen atoms in total. The number of hydrogen-bond donors (Lipinski definition) is 12. The molecule has 6 aromatic carbocycles. The molecule has 12 N–H and O–H groups in total. The van der Waals surface area contributed by atoms with Crippen molar-refractivity contribution in [3.05, 3.63) is 173 Å². The van der Waals surface area contributed by atoms with Crippen LogP contribution in [0.5, 0.6) is 34.5 Å². The van der Waals surface area contributed by atoms with Crippen molar-refractivity contribution < 1.29 is 59.4 Å². The molecule has 0 heterocycles. The maximum Gasteiger partial charge on any atom is 0.245 e. The van der Waals surface area contributed by atoms with Crippen LogP contribution in [0, 0.1) is 0 Å². The van der Waals surface area contributed by atoms with Crippen LogP contribution in [0.15, 0.2) is 72.8 Å². The van der Waals surface area contributed by atoms with E-state index in [1.165, 1.54) is 0 Å². The van der Waals surface area contributed by atoms with Crippen molar-refractivity contribution >= 4 is 35.4 Å². The van der Waals surface area contributed by atoms with Crippen molar-refractivity contribution in [1.29, 1.82) is 0 Å². The zero-order chi connectivity index (χ0) is 99.9. The highest BCUT2D eigenvalue weighted by molar-refractivity contribution is 5.90. The van der Waals surface area contributed by atoms with Gasteiger partial charge >= 0.3 is 0 Å². The van der Waals surface area contributed by atoms with E-state index in [2.05, 4.69) is 198 Å². The van der Waals surface area contributed by atoms with Crippen molar-refractivity contribution in [1.82, 2.24) is 32.1 Å². The van der Waals surface area contributed by atoms with E-state index < -0.39 is 11.8 Å². The predicted molar refractivity (Wildman–Crippen MR) is 535 cm³/mol. The van der Waals surface area contributed by atoms with Gasteiger partial charge in [-0.2, -0.15) is 0 Å². The first kappa shape index (κ1) is 112. The second-order valence-electron chi connectivity index (χ2n) is 49.0. The summed E-state index contributed by atoms with van der Waals surface area (Å²) in [4.78, 5) is 78.8. The SMILES string of the molecule is CC(C(=O)NCCCCCCNC(=O)C(C)c1cc(C(C)(C)C)c(O)c(C(C)(C)C)c1)c1cc(C(C)(C)C)c(O)c(C(C)(C)C)c1.CC(C(=O)NCCCNC(=O)C(C)c1cc(C(C)(C)C)c(O)c(C(C)(C)C)c1)c1cc(C(C)(C)C)c(O)c(C(C)(C)C)c1.CC(C(=O)NNC(=O)C(C)c1cc(C(C)(C)C)c(O)c(C(C)(C)C)c1)c1cc(C(C)(C)C)c(O)c(C(C)(C)C)c1. The minimum atomic E-state index is -0.563. The van der Waals surface area contributed by atoms with Crippen LogP contribution >= 0.6 is 0 Å². The Labute approximate surface area is 779 Å². The second-order valence-corrected chi connectivity index (χ2v) is 49.0. The Balaban J connectivity index is 0.000000406. The number of aromatic hydroxyl groups is 6. The van der Waals surface area contributed by atoms with Crippen molar-refractivity contribution in [2.45, 2.75) is 423 Å². The molecule has 0 saturated carbocycles. The van der Waals surface area contributed by atoms with E-state index in [1.807, 2.05) is 184 Å². The van der Waals surface area contributed by atoms with Crippen LogP contribution in [0.2, 0.25) is 0 Å². The van der Waals surface area contributed by atoms with Gasteiger partial charge in [-0.15, -0.1) is 0 Å². The van der Waals surface area contributed by atoms with Gasteiger partial charge in [0.25, 0.3) is 0 Å². The standard InChI is InChI=1S/C40H64N2O4.C37H58N2O4.C34H52N2O4/c1-25(27-21-29(37(3,4)5)33(43)30(22-27)38(6,7)8)35(45)41-19-17-15-16-18-20-42-36(46)26(2)28-23-31(39(9,10)11)34(44)32(24-28)40(12,13)14;1-22(24-18-26(34(3,4)5)30(40)27(19-24)35(6,7)8)32(42)38-16-15-17-39-33(43)23(2)25-20-28(36(9,10)11)31(41)29(21-25)37(12,13)14;1-19(21-15-23(31(3,4)5)27(37)24(16-21)32(6,7)8)29(39)35-36-30(40)20(2)22-17-25(33(9,10)11)28(38)26(18-22)34(12,13)14/h21-26,43-44H,15-20H2,1-14H3,(H,41,45)(H,42,46);18-23,40-41H,15-17H2,1-14H3,(H,38,42)(H,39,43);15-20,37-38H,1-14H3,(H,35,39)(H,36,40). The fourth-order valence-corrected chi connectivity index (χ4v) is 15.7.